The monoisotopic (exact) mass is 312 g/mol. The molecule has 122 valence electrons. The van der Waals surface area contributed by atoms with Gasteiger partial charge in [-0.05, 0) is 29.0 Å². The predicted octanol–water partition coefficient (Wildman–Crippen LogP) is 3.60. The van der Waals surface area contributed by atoms with E-state index < -0.39 is 12.0 Å². The number of aromatic nitrogens is 1. The van der Waals surface area contributed by atoms with E-state index in [0.29, 0.717) is 6.54 Å². The predicted molar refractivity (Wildman–Crippen MR) is 91.3 cm³/mol. The first-order valence-corrected chi connectivity index (χ1v) is 7.74. The third-order valence-electron chi connectivity index (χ3n) is 3.79. The average Bonchev–Trinajstić information content (AvgIpc) is 2.46. The average molecular weight is 312 g/mol. The van der Waals surface area contributed by atoms with Gasteiger partial charge in [-0.3, -0.25) is 15.1 Å². The van der Waals surface area contributed by atoms with Gasteiger partial charge in [-0.1, -0.05) is 56.7 Å². The maximum atomic E-state index is 11.6. The molecule has 0 bridgehead atoms. The summed E-state index contributed by atoms with van der Waals surface area (Å²) in [5, 5.41) is 12.6. The van der Waals surface area contributed by atoms with Crippen molar-refractivity contribution in [1.82, 2.24) is 10.3 Å². The van der Waals surface area contributed by atoms with E-state index in [1.807, 2.05) is 37.4 Å². The van der Waals surface area contributed by atoms with Crippen LogP contribution >= 0.6 is 0 Å². The smallest absolute Gasteiger partial charge is 0.325 e. The number of nitrogens with one attached hydrogen (secondary N) is 1. The van der Waals surface area contributed by atoms with Crippen LogP contribution in [0.2, 0.25) is 0 Å². The zero-order valence-electron chi connectivity index (χ0n) is 14.1. The van der Waals surface area contributed by atoms with Crippen LogP contribution in [0.3, 0.4) is 0 Å². The number of benzene rings is 1. The number of rotatable bonds is 5. The lowest BCUT2D eigenvalue weighted by Gasteiger charge is -2.20. The molecular weight excluding hydrogens is 288 g/mol. The molecule has 0 saturated heterocycles. The van der Waals surface area contributed by atoms with Crippen LogP contribution in [0, 0.1) is 6.92 Å². The summed E-state index contributed by atoms with van der Waals surface area (Å²) in [4.78, 5) is 15.9. The van der Waals surface area contributed by atoms with E-state index >= 15 is 0 Å². The van der Waals surface area contributed by atoms with Crippen molar-refractivity contribution in [1.29, 1.82) is 0 Å². The van der Waals surface area contributed by atoms with Crippen molar-refractivity contribution in [2.24, 2.45) is 0 Å². The van der Waals surface area contributed by atoms with Crippen LogP contribution in [-0.4, -0.2) is 16.1 Å². The fourth-order valence-corrected chi connectivity index (χ4v) is 2.41. The van der Waals surface area contributed by atoms with Gasteiger partial charge < -0.3 is 5.11 Å². The van der Waals surface area contributed by atoms with Gasteiger partial charge in [-0.2, -0.15) is 0 Å². The Morgan fingerprint density at radius 3 is 2.61 bits per heavy atom. The SMILES string of the molecule is Cc1cccc(C(NCc2cncc(C(C)(C)C)c2)C(=O)O)c1. The Hall–Kier alpha value is -2.20. The number of aryl methyl sites for hydroxylation is 1. The fraction of sp³-hybridized carbons (Fsp3) is 0.368. The molecule has 1 unspecified atom stereocenters. The van der Waals surface area contributed by atoms with Crippen molar-refractivity contribution in [3.63, 3.8) is 0 Å². The van der Waals surface area contributed by atoms with E-state index in [1.54, 1.807) is 6.20 Å². The number of aliphatic carboxylic acids is 1. The highest BCUT2D eigenvalue weighted by Crippen LogP contribution is 2.22. The van der Waals surface area contributed by atoms with E-state index in [4.69, 9.17) is 0 Å². The molecule has 0 saturated carbocycles. The van der Waals surface area contributed by atoms with Gasteiger partial charge >= 0.3 is 5.97 Å². The van der Waals surface area contributed by atoms with E-state index in [1.165, 1.54) is 0 Å². The van der Waals surface area contributed by atoms with Gasteiger partial charge in [-0.15, -0.1) is 0 Å². The van der Waals surface area contributed by atoms with Gasteiger partial charge in [0.2, 0.25) is 0 Å². The molecule has 0 fully saturated rings. The molecule has 4 nitrogen and oxygen atoms in total. The highest BCUT2D eigenvalue weighted by atomic mass is 16.4. The Morgan fingerprint density at radius 2 is 2.00 bits per heavy atom. The van der Waals surface area contributed by atoms with Gasteiger partial charge in [0, 0.05) is 18.9 Å². The summed E-state index contributed by atoms with van der Waals surface area (Å²) in [7, 11) is 0. The molecule has 1 aromatic heterocycles. The topological polar surface area (TPSA) is 62.2 Å². The quantitative estimate of drug-likeness (QED) is 0.885. The lowest BCUT2D eigenvalue weighted by Crippen LogP contribution is -2.28. The number of hydrogen-bond donors (Lipinski definition) is 2. The lowest BCUT2D eigenvalue weighted by atomic mass is 9.87. The standard InChI is InChI=1S/C19H24N2O2/c1-13-6-5-7-15(8-13)17(18(22)23)21-11-14-9-16(12-20-10-14)19(2,3)4/h5-10,12,17,21H,11H2,1-4H3,(H,22,23). The van der Waals surface area contributed by atoms with Crippen molar-refractivity contribution in [2.45, 2.75) is 45.7 Å². The number of carbonyl (C=O) groups is 1. The maximum absolute atomic E-state index is 11.6. The van der Waals surface area contributed by atoms with Gasteiger partial charge in [0.1, 0.15) is 6.04 Å². The van der Waals surface area contributed by atoms with E-state index in [0.717, 1.165) is 22.3 Å². The lowest BCUT2D eigenvalue weighted by molar-refractivity contribution is -0.139. The molecule has 1 aromatic carbocycles. The van der Waals surface area contributed by atoms with Crippen molar-refractivity contribution in [3.8, 4) is 0 Å². The zero-order valence-corrected chi connectivity index (χ0v) is 14.1. The minimum atomic E-state index is -0.879. The molecule has 4 heteroatoms. The normalized spacial score (nSPS) is 12.9. The molecule has 23 heavy (non-hydrogen) atoms. The van der Waals surface area contributed by atoms with Crippen LogP contribution in [0.1, 0.15) is 49.1 Å². The molecule has 0 spiro atoms. The second-order valence-corrected chi connectivity index (χ2v) is 6.90. The summed E-state index contributed by atoms with van der Waals surface area (Å²) >= 11 is 0. The molecule has 0 aliphatic rings. The minimum Gasteiger partial charge on any atom is -0.480 e. The highest BCUT2D eigenvalue weighted by molar-refractivity contribution is 5.75. The molecule has 0 aliphatic carbocycles. The van der Waals surface area contributed by atoms with Crippen LogP contribution in [0.5, 0.6) is 0 Å². The van der Waals surface area contributed by atoms with Crippen LogP contribution in [-0.2, 0) is 16.8 Å². The highest BCUT2D eigenvalue weighted by Gasteiger charge is 2.20. The summed E-state index contributed by atoms with van der Waals surface area (Å²) in [6.07, 6.45) is 3.64. The second-order valence-electron chi connectivity index (χ2n) is 6.90. The van der Waals surface area contributed by atoms with Gasteiger partial charge in [0.05, 0.1) is 0 Å². The summed E-state index contributed by atoms with van der Waals surface area (Å²) in [5.74, 6) is -0.879. The Morgan fingerprint density at radius 1 is 1.26 bits per heavy atom. The Balaban J connectivity index is 2.15. The molecule has 0 radical (unpaired) electrons. The summed E-state index contributed by atoms with van der Waals surface area (Å²) in [5.41, 5.74) is 3.95. The third-order valence-corrected chi connectivity index (χ3v) is 3.79. The van der Waals surface area contributed by atoms with Crippen LogP contribution in [0.25, 0.3) is 0 Å². The van der Waals surface area contributed by atoms with Gasteiger partial charge in [0.25, 0.3) is 0 Å². The maximum Gasteiger partial charge on any atom is 0.325 e. The molecule has 0 amide bonds. The molecular formula is C19H24N2O2. The first kappa shape index (κ1) is 17.2. The largest absolute Gasteiger partial charge is 0.480 e. The summed E-state index contributed by atoms with van der Waals surface area (Å²) in [6, 6.07) is 8.92. The molecule has 2 N–H and O–H groups in total. The Labute approximate surface area is 137 Å². The molecule has 0 aliphatic heterocycles. The number of carboxylic acids is 1. The minimum absolute atomic E-state index is 0.0196. The first-order chi connectivity index (χ1) is 10.8. The number of carboxylic acid groups (broad SMARTS) is 1. The second kappa shape index (κ2) is 6.92. The molecule has 1 atom stereocenters. The summed E-state index contributed by atoms with van der Waals surface area (Å²) < 4.78 is 0. The van der Waals surface area contributed by atoms with E-state index in [2.05, 4.69) is 37.1 Å². The number of nitrogens with zero attached hydrogens (tertiary/aromatic N) is 1. The molecule has 2 rings (SSSR count). The van der Waals surface area contributed by atoms with Crippen molar-refractivity contribution < 1.29 is 9.90 Å². The molecule has 2 aromatic rings. The Bertz CT molecular complexity index is 690. The van der Waals surface area contributed by atoms with E-state index in [9.17, 15) is 9.90 Å². The number of hydrogen-bond acceptors (Lipinski definition) is 3. The van der Waals surface area contributed by atoms with E-state index in [-0.39, 0.29) is 5.41 Å². The van der Waals surface area contributed by atoms with Crippen molar-refractivity contribution in [2.75, 3.05) is 0 Å². The van der Waals surface area contributed by atoms with Crippen LogP contribution in [0.4, 0.5) is 0 Å². The van der Waals surface area contributed by atoms with Crippen molar-refractivity contribution >= 4 is 5.97 Å². The zero-order chi connectivity index (χ0) is 17.0. The van der Waals surface area contributed by atoms with Gasteiger partial charge in [-0.25, -0.2) is 0 Å². The van der Waals surface area contributed by atoms with Crippen molar-refractivity contribution in [3.05, 3.63) is 65.0 Å². The summed E-state index contributed by atoms with van der Waals surface area (Å²) in [6.45, 7) is 8.82. The first-order valence-electron chi connectivity index (χ1n) is 7.74. The van der Waals surface area contributed by atoms with Gasteiger partial charge in [0.15, 0.2) is 0 Å². The third kappa shape index (κ3) is 4.63. The molecule has 1 heterocycles. The Kier molecular flexibility index (Phi) is 5.16. The van der Waals surface area contributed by atoms with Crippen LogP contribution in [0.15, 0.2) is 42.7 Å². The fourth-order valence-electron chi connectivity index (χ4n) is 2.41. The van der Waals surface area contributed by atoms with Crippen LogP contribution < -0.4 is 5.32 Å². The number of pyridine rings is 1.